The summed E-state index contributed by atoms with van der Waals surface area (Å²) >= 11 is 0. The zero-order valence-electron chi connectivity index (χ0n) is 10.6. The van der Waals surface area contributed by atoms with Gasteiger partial charge in [0.05, 0.1) is 13.2 Å². The van der Waals surface area contributed by atoms with Crippen LogP contribution in [0.5, 0.6) is 0 Å². The van der Waals surface area contributed by atoms with Crippen molar-refractivity contribution in [1.82, 2.24) is 0 Å². The number of anilines is 1. The Kier molecular flexibility index (Phi) is 9.43. The zero-order chi connectivity index (χ0) is 13.1. The molecule has 0 aliphatic carbocycles. The lowest BCUT2D eigenvalue weighted by atomic mass is 10.1. The van der Waals surface area contributed by atoms with E-state index in [2.05, 4.69) is 5.32 Å². The van der Waals surface area contributed by atoms with E-state index in [1.807, 2.05) is 44.2 Å². The maximum atomic E-state index is 8.47. The fraction of sp³-hybridized carbons (Fsp3) is 0.538. The van der Waals surface area contributed by atoms with Gasteiger partial charge in [-0.25, -0.2) is 0 Å². The number of hydrogen-bond acceptors (Lipinski definition) is 4. The van der Waals surface area contributed by atoms with Crippen molar-refractivity contribution < 1.29 is 10.2 Å². The predicted molar refractivity (Wildman–Crippen MR) is 71.9 cm³/mol. The van der Waals surface area contributed by atoms with Crippen molar-refractivity contribution in [3.8, 4) is 0 Å². The number of nitrogens with two attached hydrogens (primary N) is 1. The van der Waals surface area contributed by atoms with Gasteiger partial charge >= 0.3 is 0 Å². The van der Waals surface area contributed by atoms with Crippen LogP contribution in [0, 0.1) is 5.92 Å². The lowest BCUT2D eigenvalue weighted by Gasteiger charge is -2.10. The molecule has 1 aromatic rings. The van der Waals surface area contributed by atoms with Crippen LogP contribution in [-0.2, 0) is 0 Å². The van der Waals surface area contributed by atoms with Crippen LogP contribution in [0.15, 0.2) is 30.3 Å². The first-order chi connectivity index (χ1) is 8.11. The quantitative estimate of drug-likeness (QED) is 0.620. The lowest BCUT2D eigenvalue weighted by Crippen LogP contribution is -2.29. The molecule has 1 atom stereocenters. The summed E-state index contributed by atoms with van der Waals surface area (Å²) in [4.78, 5) is 0. The van der Waals surface area contributed by atoms with Crippen molar-refractivity contribution in [2.45, 2.75) is 19.9 Å². The van der Waals surface area contributed by atoms with Gasteiger partial charge in [0.15, 0.2) is 0 Å². The molecule has 0 fully saturated rings. The van der Waals surface area contributed by atoms with Gasteiger partial charge in [-0.05, 0) is 18.1 Å². The van der Waals surface area contributed by atoms with Gasteiger partial charge in [0.25, 0.3) is 0 Å². The molecule has 0 saturated carbocycles. The molecule has 0 aliphatic rings. The van der Waals surface area contributed by atoms with Crippen molar-refractivity contribution in [1.29, 1.82) is 0 Å². The van der Waals surface area contributed by atoms with Gasteiger partial charge in [0.1, 0.15) is 0 Å². The summed E-state index contributed by atoms with van der Waals surface area (Å²) in [7, 11) is 0. The van der Waals surface area contributed by atoms with E-state index in [0.717, 1.165) is 5.69 Å². The summed E-state index contributed by atoms with van der Waals surface area (Å²) in [6.07, 6.45) is 0. The summed E-state index contributed by atoms with van der Waals surface area (Å²) < 4.78 is 0. The molecule has 0 heterocycles. The summed E-state index contributed by atoms with van der Waals surface area (Å²) in [5.41, 5.74) is 6.42. The Morgan fingerprint density at radius 2 is 1.76 bits per heavy atom. The van der Waals surface area contributed by atoms with Crippen LogP contribution in [0.25, 0.3) is 0 Å². The summed E-state index contributed by atoms with van der Waals surface area (Å²) in [5, 5.41) is 19.9. The van der Waals surface area contributed by atoms with Gasteiger partial charge in [-0.1, -0.05) is 32.0 Å². The third kappa shape index (κ3) is 8.68. The van der Waals surface area contributed by atoms with E-state index in [1.54, 1.807) is 0 Å². The molecule has 0 spiro atoms. The van der Waals surface area contributed by atoms with E-state index in [1.165, 1.54) is 0 Å². The maximum absolute atomic E-state index is 8.47. The molecule has 1 aromatic carbocycles. The van der Waals surface area contributed by atoms with Crippen LogP contribution >= 0.6 is 0 Å². The summed E-state index contributed by atoms with van der Waals surface area (Å²) in [6, 6.07) is 9.77. The number of benzene rings is 1. The van der Waals surface area contributed by atoms with Crippen LogP contribution in [0.2, 0.25) is 0 Å². The van der Waals surface area contributed by atoms with Gasteiger partial charge in [0, 0.05) is 18.3 Å². The monoisotopic (exact) mass is 240 g/mol. The van der Waals surface area contributed by atoms with Crippen LogP contribution in [0.1, 0.15) is 13.8 Å². The van der Waals surface area contributed by atoms with E-state index in [0.29, 0.717) is 12.5 Å². The molecular weight excluding hydrogens is 216 g/mol. The van der Waals surface area contributed by atoms with Crippen LogP contribution in [0.4, 0.5) is 5.69 Å². The highest BCUT2D eigenvalue weighted by atomic mass is 16.3. The average molecular weight is 240 g/mol. The minimum atomic E-state index is -0.0417. The molecule has 4 nitrogen and oxygen atoms in total. The molecule has 5 N–H and O–H groups in total. The molecule has 0 amide bonds. The molecular formula is C13H24N2O2. The third-order valence-corrected chi connectivity index (χ3v) is 2.28. The Labute approximate surface area is 103 Å². The minimum absolute atomic E-state index is 0.0417. The third-order valence-electron chi connectivity index (χ3n) is 2.28. The Morgan fingerprint density at radius 3 is 2.12 bits per heavy atom. The molecule has 0 aliphatic heterocycles. The normalized spacial score (nSPS) is 11.6. The average Bonchev–Trinajstić information content (AvgIpc) is 2.37. The van der Waals surface area contributed by atoms with E-state index in [-0.39, 0.29) is 19.3 Å². The van der Waals surface area contributed by atoms with Gasteiger partial charge in [-0.15, -0.1) is 0 Å². The smallest absolute Gasteiger partial charge is 0.0604 e. The molecule has 17 heavy (non-hydrogen) atoms. The van der Waals surface area contributed by atoms with Crippen molar-refractivity contribution in [2.75, 3.05) is 25.1 Å². The number of nitrogens with one attached hydrogen (secondary N) is 1. The molecule has 0 aromatic heterocycles. The molecule has 0 radical (unpaired) electrons. The largest absolute Gasteiger partial charge is 0.395 e. The standard InChI is InChI=1S/C8H11NO.C5H13NO/c10-7-6-9-8-4-2-1-3-5-8;1-4(2)5(6)3-7/h1-5,9-10H,6-7H2;4-5,7H,3,6H2,1-2H3/t;5-/m.1/s1. The Bertz CT molecular complexity index is 265. The Balaban J connectivity index is 0.000000325. The second kappa shape index (κ2) is 10.1. The predicted octanol–water partition coefficient (Wildman–Crippen LogP) is 1.05. The van der Waals surface area contributed by atoms with Gasteiger partial charge < -0.3 is 21.3 Å². The topological polar surface area (TPSA) is 78.5 Å². The number of para-hydroxylation sites is 1. The van der Waals surface area contributed by atoms with Crippen molar-refractivity contribution in [3.05, 3.63) is 30.3 Å². The molecule has 4 heteroatoms. The first-order valence-electron chi connectivity index (χ1n) is 5.88. The minimum Gasteiger partial charge on any atom is -0.395 e. The molecule has 0 saturated heterocycles. The first kappa shape index (κ1) is 15.9. The van der Waals surface area contributed by atoms with Crippen molar-refractivity contribution in [3.63, 3.8) is 0 Å². The first-order valence-corrected chi connectivity index (χ1v) is 5.88. The van der Waals surface area contributed by atoms with E-state index in [4.69, 9.17) is 15.9 Å². The maximum Gasteiger partial charge on any atom is 0.0604 e. The highest BCUT2D eigenvalue weighted by Crippen LogP contribution is 2.03. The van der Waals surface area contributed by atoms with E-state index in [9.17, 15) is 0 Å². The summed E-state index contributed by atoms with van der Waals surface area (Å²) in [5.74, 6) is 0.394. The second-order valence-electron chi connectivity index (χ2n) is 4.11. The Hall–Kier alpha value is -1.10. The zero-order valence-corrected chi connectivity index (χ0v) is 10.6. The second-order valence-corrected chi connectivity index (χ2v) is 4.11. The SMILES string of the molecule is CC(C)[C@H](N)CO.OCCNc1ccccc1. The highest BCUT2D eigenvalue weighted by Gasteiger charge is 2.02. The number of aliphatic hydroxyl groups is 2. The molecule has 1 rings (SSSR count). The van der Waals surface area contributed by atoms with Gasteiger partial charge in [-0.2, -0.15) is 0 Å². The van der Waals surface area contributed by atoms with Gasteiger partial charge in [0.2, 0.25) is 0 Å². The van der Waals surface area contributed by atoms with Gasteiger partial charge in [-0.3, -0.25) is 0 Å². The number of aliphatic hydroxyl groups excluding tert-OH is 2. The number of hydrogen-bond donors (Lipinski definition) is 4. The molecule has 98 valence electrons. The fourth-order valence-electron chi connectivity index (χ4n) is 0.967. The van der Waals surface area contributed by atoms with Crippen LogP contribution < -0.4 is 11.1 Å². The molecule has 0 unspecified atom stereocenters. The fourth-order valence-corrected chi connectivity index (χ4v) is 0.967. The van der Waals surface area contributed by atoms with E-state index >= 15 is 0 Å². The Morgan fingerprint density at radius 1 is 1.18 bits per heavy atom. The van der Waals surface area contributed by atoms with Crippen molar-refractivity contribution >= 4 is 5.69 Å². The number of rotatable bonds is 5. The van der Waals surface area contributed by atoms with E-state index < -0.39 is 0 Å². The van der Waals surface area contributed by atoms with Crippen LogP contribution in [0.3, 0.4) is 0 Å². The molecule has 0 bridgehead atoms. The highest BCUT2D eigenvalue weighted by molar-refractivity contribution is 5.42. The van der Waals surface area contributed by atoms with Crippen molar-refractivity contribution in [2.24, 2.45) is 11.7 Å². The lowest BCUT2D eigenvalue weighted by molar-refractivity contribution is 0.238. The van der Waals surface area contributed by atoms with Crippen LogP contribution in [-0.4, -0.2) is 36.0 Å². The summed E-state index contributed by atoms with van der Waals surface area (Å²) in [6.45, 7) is 4.86.